The van der Waals surface area contributed by atoms with Crippen molar-refractivity contribution in [2.75, 3.05) is 13.1 Å². The van der Waals surface area contributed by atoms with Crippen LogP contribution in [0.4, 0.5) is 0 Å². The second-order valence-corrected chi connectivity index (χ2v) is 6.03. The summed E-state index contributed by atoms with van der Waals surface area (Å²) in [4.78, 5) is 49.4. The van der Waals surface area contributed by atoms with Crippen LogP contribution < -0.4 is 20.4 Å². The Morgan fingerprint density at radius 1 is 0.655 bits per heavy atom. The molecule has 0 aromatic carbocycles. The Kier molecular flexibility index (Phi) is 9.69. The van der Waals surface area contributed by atoms with Gasteiger partial charge in [0.15, 0.2) is 11.2 Å². The van der Waals surface area contributed by atoms with Crippen LogP contribution >= 0.6 is 0 Å². The first-order valence-corrected chi connectivity index (χ1v) is 7.94. The van der Waals surface area contributed by atoms with Gasteiger partial charge in [0.2, 0.25) is 0 Å². The van der Waals surface area contributed by atoms with Gasteiger partial charge in [-0.25, -0.2) is 9.59 Å². The molecule has 0 heterocycles. The van der Waals surface area contributed by atoms with Crippen molar-refractivity contribution in [3.05, 3.63) is 0 Å². The lowest BCUT2D eigenvalue weighted by molar-refractivity contribution is -0.310. The fourth-order valence-corrected chi connectivity index (χ4v) is 2.00. The average molecular weight is 418 g/mol. The Balaban J connectivity index is 4.71. The molecule has 0 aliphatic rings. The van der Waals surface area contributed by atoms with Crippen LogP contribution in [-0.4, -0.2) is 80.4 Å². The average Bonchev–Trinajstić information content (AvgIpc) is 2.52. The SMILES string of the molecule is O=C([O-])C[C@](O)(CC([O-])=NCCCN=C([O-])C[C@@](O)(CC(=O)[O-])C(=O)O)C(=O)O. The van der Waals surface area contributed by atoms with Crippen molar-refractivity contribution in [1.82, 2.24) is 0 Å². The molecule has 0 aromatic rings. The quantitative estimate of drug-likeness (QED) is 0.116. The van der Waals surface area contributed by atoms with Crippen LogP contribution in [0.3, 0.4) is 0 Å². The molecule has 0 amide bonds. The Hall–Kier alpha value is -3.26. The van der Waals surface area contributed by atoms with Crippen LogP contribution in [-0.2, 0) is 19.2 Å². The number of aliphatic hydroxyl groups is 2. The van der Waals surface area contributed by atoms with Crippen LogP contribution in [0.5, 0.6) is 0 Å². The Labute approximate surface area is 163 Å². The van der Waals surface area contributed by atoms with Crippen molar-refractivity contribution in [2.45, 2.75) is 43.3 Å². The molecule has 164 valence electrons. The van der Waals surface area contributed by atoms with Gasteiger partial charge in [-0.3, -0.25) is 0 Å². The Morgan fingerprint density at radius 2 is 0.966 bits per heavy atom. The second kappa shape index (κ2) is 10.9. The topological polar surface area (TPSA) is 266 Å². The van der Waals surface area contributed by atoms with Crippen molar-refractivity contribution in [2.24, 2.45) is 9.98 Å². The molecule has 0 bridgehead atoms. The highest BCUT2D eigenvalue weighted by molar-refractivity contribution is 5.89. The van der Waals surface area contributed by atoms with Gasteiger partial charge in [-0.2, -0.15) is 0 Å². The minimum atomic E-state index is -2.89. The molecule has 0 spiro atoms. The predicted molar refractivity (Wildman–Crippen MR) is 82.9 cm³/mol. The minimum Gasteiger partial charge on any atom is -0.862 e. The van der Waals surface area contributed by atoms with Crippen molar-refractivity contribution in [3.63, 3.8) is 0 Å². The predicted octanol–water partition coefficient (Wildman–Crippen LogP) is -6.41. The smallest absolute Gasteiger partial charge is 0.336 e. The first-order valence-electron chi connectivity index (χ1n) is 7.94. The molecule has 0 aliphatic carbocycles. The maximum absolute atomic E-state index is 11.5. The lowest BCUT2D eigenvalue weighted by Gasteiger charge is -2.26. The molecule has 4 N–H and O–H groups in total. The van der Waals surface area contributed by atoms with Gasteiger partial charge >= 0.3 is 11.9 Å². The molecule has 14 heteroatoms. The van der Waals surface area contributed by atoms with Crippen LogP contribution in [0, 0.1) is 0 Å². The molecule has 0 unspecified atom stereocenters. The van der Waals surface area contributed by atoms with E-state index in [2.05, 4.69) is 9.98 Å². The minimum absolute atomic E-state index is 0.0601. The summed E-state index contributed by atoms with van der Waals surface area (Å²) in [5, 5.41) is 80.9. The van der Waals surface area contributed by atoms with Crippen LogP contribution in [0.2, 0.25) is 0 Å². The molecule has 14 nitrogen and oxygen atoms in total. The molecule has 0 rings (SSSR count). The van der Waals surface area contributed by atoms with E-state index in [-0.39, 0.29) is 19.5 Å². The highest BCUT2D eigenvalue weighted by atomic mass is 16.4. The number of nitrogens with zero attached hydrogens (tertiary/aromatic N) is 2. The molecule has 0 aromatic heterocycles. The molecular weight excluding hydrogens is 400 g/mol. The molecule has 0 saturated heterocycles. The second-order valence-electron chi connectivity index (χ2n) is 6.03. The number of aliphatic carboxylic acids is 4. The first kappa shape index (κ1) is 25.7. The summed E-state index contributed by atoms with van der Waals surface area (Å²) in [6.07, 6.45) is -4.96. The number of rotatable bonds is 14. The van der Waals surface area contributed by atoms with Gasteiger partial charge in [-0.15, -0.1) is 0 Å². The lowest BCUT2D eigenvalue weighted by atomic mass is 9.95. The summed E-state index contributed by atoms with van der Waals surface area (Å²) in [6.45, 7) is -0.586. The third-order valence-corrected chi connectivity index (χ3v) is 3.45. The lowest BCUT2D eigenvalue weighted by Crippen LogP contribution is -2.47. The van der Waals surface area contributed by atoms with E-state index in [1.807, 2.05) is 0 Å². The molecule has 0 aliphatic heterocycles. The maximum atomic E-state index is 11.5. The molecule has 0 saturated carbocycles. The van der Waals surface area contributed by atoms with Gasteiger partial charge in [0.1, 0.15) is 0 Å². The molecule has 2 atom stereocenters. The van der Waals surface area contributed by atoms with Gasteiger partial charge in [0.05, 0.1) is 0 Å². The fourth-order valence-electron chi connectivity index (χ4n) is 2.00. The summed E-state index contributed by atoms with van der Waals surface area (Å²) in [7, 11) is 0. The van der Waals surface area contributed by atoms with Gasteiger partial charge in [0, 0.05) is 50.7 Å². The van der Waals surface area contributed by atoms with Gasteiger partial charge in [-0.1, -0.05) is 0 Å². The number of hydrogen-bond donors (Lipinski definition) is 4. The van der Waals surface area contributed by atoms with E-state index < -0.39 is 72.6 Å². The number of hydrogen-bond acceptors (Lipinski definition) is 12. The van der Waals surface area contributed by atoms with Gasteiger partial charge in [-0.05, 0) is 18.2 Å². The Morgan fingerprint density at radius 3 is 1.21 bits per heavy atom. The zero-order valence-corrected chi connectivity index (χ0v) is 14.9. The summed E-state index contributed by atoms with van der Waals surface area (Å²) in [5.41, 5.74) is -5.78. The summed E-state index contributed by atoms with van der Waals surface area (Å²) >= 11 is 0. The fraction of sp³-hybridized carbons (Fsp3) is 0.600. The van der Waals surface area contributed by atoms with Crippen molar-refractivity contribution < 1.29 is 60.0 Å². The van der Waals surface area contributed by atoms with Crippen molar-refractivity contribution in [3.8, 4) is 0 Å². The monoisotopic (exact) mass is 418 g/mol. The van der Waals surface area contributed by atoms with Crippen molar-refractivity contribution >= 4 is 35.7 Å². The molecule has 29 heavy (non-hydrogen) atoms. The van der Waals surface area contributed by atoms with E-state index in [4.69, 9.17) is 10.2 Å². The normalized spacial score (nSPS) is 16.5. The van der Waals surface area contributed by atoms with Gasteiger partial charge < -0.3 is 60.4 Å². The highest BCUT2D eigenvalue weighted by Crippen LogP contribution is 2.16. The highest BCUT2D eigenvalue weighted by Gasteiger charge is 2.36. The number of carboxylic acid groups (broad SMARTS) is 4. The van der Waals surface area contributed by atoms with E-state index in [0.717, 1.165) is 0 Å². The van der Waals surface area contributed by atoms with Crippen LogP contribution in [0.1, 0.15) is 32.1 Å². The van der Waals surface area contributed by atoms with E-state index in [1.165, 1.54) is 0 Å². The molecule has 0 fully saturated rings. The number of carbonyl (C=O) groups is 4. The summed E-state index contributed by atoms with van der Waals surface area (Å²) in [5.74, 6) is -9.94. The van der Waals surface area contributed by atoms with E-state index in [1.54, 1.807) is 0 Å². The zero-order chi connectivity index (χ0) is 22.8. The number of carbonyl (C=O) groups excluding carboxylic acids is 2. The van der Waals surface area contributed by atoms with Crippen LogP contribution in [0.25, 0.3) is 0 Å². The van der Waals surface area contributed by atoms with Crippen molar-refractivity contribution in [1.29, 1.82) is 0 Å². The van der Waals surface area contributed by atoms with Gasteiger partial charge in [0.25, 0.3) is 0 Å². The number of aliphatic imine (C=N–C) groups is 2. The van der Waals surface area contributed by atoms with E-state index in [9.17, 15) is 49.8 Å². The number of carboxylic acids is 4. The summed E-state index contributed by atoms with van der Waals surface area (Å²) in [6, 6.07) is 0. The van der Waals surface area contributed by atoms with Crippen LogP contribution in [0.15, 0.2) is 9.98 Å². The zero-order valence-electron chi connectivity index (χ0n) is 14.9. The van der Waals surface area contributed by atoms with E-state index in [0.29, 0.717) is 0 Å². The third kappa shape index (κ3) is 9.48. The molecular formula is C15H18N2O12-4. The largest absolute Gasteiger partial charge is 0.862 e. The molecule has 0 radical (unpaired) electrons. The third-order valence-electron chi connectivity index (χ3n) is 3.45. The summed E-state index contributed by atoms with van der Waals surface area (Å²) < 4.78 is 0. The van der Waals surface area contributed by atoms with E-state index >= 15 is 0 Å². The standard InChI is InChI=1S/C15H22N2O12/c18-8(4-14(28,12(24)25)6-10(20)21)16-2-1-3-17-9(19)5-15(29,13(26)27)7-11(22)23/h28-29H,1-7H2,(H,16,18)(H,17,19)(H,20,21)(H,22,23)(H,24,25)(H,26,27)/p-4/t14-,15-/m1/s1. The first-order chi connectivity index (χ1) is 13.2. The maximum Gasteiger partial charge on any atom is 0.336 e. The Bertz CT molecular complexity index is 645.